The Balaban J connectivity index is 1.69. The summed E-state index contributed by atoms with van der Waals surface area (Å²) in [4.78, 5) is 67.2. The summed E-state index contributed by atoms with van der Waals surface area (Å²) < 4.78 is 39.7. The first-order valence-corrected chi connectivity index (χ1v) is 27.1. The number of Topliss-reactive ketones (excluding diaryl/α,β-unsaturated/α-hetero) is 1. The molecule has 13 N–H and O–H groups in total. The zero-order valence-electron chi connectivity index (χ0n) is 45.1. The Morgan fingerprint density at radius 2 is 0.868 bits per heavy atom. The number of unbranched alkanes of at least 4 members (excludes halogenated alkanes) is 1. The summed E-state index contributed by atoms with van der Waals surface area (Å²) in [7, 11) is 0. The molecule has 0 aromatic carbocycles. The zero-order chi connectivity index (χ0) is 56.4. The molecule has 3 aliphatic rings. The number of rotatable bonds is 37. The van der Waals surface area contributed by atoms with Gasteiger partial charge in [0.25, 0.3) is 0 Å². The van der Waals surface area contributed by atoms with Gasteiger partial charge < -0.3 is 100 Å². The Kier molecular flexibility index (Phi) is 31.4. The molecule has 25 heteroatoms. The largest absolute Gasteiger partial charge is 0.394 e. The molecule has 0 aliphatic carbocycles. The lowest BCUT2D eigenvalue weighted by atomic mass is 9.83. The van der Waals surface area contributed by atoms with Crippen molar-refractivity contribution < 1.29 is 103 Å². The summed E-state index contributed by atoms with van der Waals surface area (Å²) in [6.45, 7) is 8.55. The highest BCUT2D eigenvalue weighted by Gasteiger charge is 2.45. The number of ketones is 1. The Morgan fingerprint density at radius 3 is 1.32 bits per heavy atom. The summed E-state index contributed by atoms with van der Waals surface area (Å²) in [6, 6.07) is 0. The van der Waals surface area contributed by atoms with Crippen LogP contribution in [0.3, 0.4) is 0 Å². The minimum absolute atomic E-state index is 0.0348. The minimum Gasteiger partial charge on any atom is -0.394 e. The van der Waals surface area contributed by atoms with Crippen molar-refractivity contribution >= 4 is 29.4 Å². The van der Waals surface area contributed by atoms with Crippen molar-refractivity contribution in [3.05, 3.63) is 0 Å². The first-order valence-electron chi connectivity index (χ1n) is 27.1. The number of aliphatic hydroxyl groups excluding tert-OH is 9. The Bertz CT molecular complexity index is 1630. The van der Waals surface area contributed by atoms with Gasteiger partial charge >= 0.3 is 0 Å². The molecule has 0 spiro atoms. The second-order valence-corrected chi connectivity index (χ2v) is 20.7. The van der Waals surface area contributed by atoms with Gasteiger partial charge in [0.1, 0.15) is 42.4 Å². The van der Waals surface area contributed by atoms with Crippen LogP contribution in [0.1, 0.15) is 125 Å². The lowest BCUT2D eigenvalue weighted by molar-refractivity contribution is -0.282. The molecule has 0 aromatic rings. The van der Waals surface area contributed by atoms with Gasteiger partial charge in [-0.05, 0) is 65.2 Å². The van der Waals surface area contributed by atoms with Gasteiger partial charge in [0.05, 0.1) is 57.5 Å². The van der Waals surface area contributed by atoms with E-state index in [2.05, 4.69) is 21.3 Å². The van der Waals surface area contributed by atoms with Gasteiger partial charge in [0.15, 0.2) is 18.9 Å². The predicted molar refractivity (Wildman–Crippen MR) is 269 cm³/mol. The van der Waals surface area contributed by atoms with Crippen molar-refractivity contribution in [1.29, 1.82) is 0 Å². The maximum Gasteiger partial charge on any atom is 0.222 e. The average Bonchev–Trinajstić information content (AvgIpc) is 3.38. The first kappa shape index (κ1) is 67.2. The van der Waals surface area contributed by atoms with Crippen molar-refractivity contribution in [3.63, 3.8) is 0 Å². The lowest BCUT2D eigenvalue weighted by Gasteiger charge is -2.40. The maximum absolute atomic E-state index is 13.8. The van der Waals surface area contributed by atoms with Crippen molar-refractivity contribution in [3.8, 4) is 0 Å². The van der Waals surface area contributed by atoms with Crippen LogP contribution in [-0.2, 0) is 57.1 Å². The minimum atomic E-state index is -1.43. The number of hydrogen-bond donors (Lipinski definition) is 13. The number of amides is 4. The normalized spacial score (nSPS) is 30.6. The highest BCUT2D eigenvalue weighted by atomic mass is 16.7. The fourth-order valence-electron chi connectivity index (χ4n) is 9.12. The Morgan fingerprint density at radius 1 is 0.474 bits per heavy atom. The summed E-state index contributed by atoms with van der Waals surface area (Å²) in [6.07, 6.45) is -11.7. The quantitative estimate of drug-likeness (QED) is 0.0297. The van der Waals surface area contributed by atoms with E-state index in [1.807, 2.05) is 13.8 Å². The molecule has 3 fully saturated rings. The van der Waals surface area contributed by atoms with E-state index in [0.717, 1.165) is 0 Å². The number of hydrogen-bond acceptors (Lipinski definition) is 21. The number of carbonyl (C=O) groups is 5. The van der Waals surface area contributed by atoms with Gasteiger partial charge in [-0.3, -0.25) is 24.0 Å². The van der Waals surface area contributed by atoms with Crippen LogP contribution in [0.4, 0.5) is 0 Å². The SMILES string of the molecule is CC(C)OCCCNC(=O)CCCC(=O)NC(CCC(=O)CCCCO[C@@H]1OC(CO)[C@H](O)[C@H](O)C1C)(CCC(=O)NCCCO[C@@H]1OC(CO)[C@H](O)[C@H](O)C1C)CC(=O)NCCCO[C@@H]1OC(CO)[C@H](O)[C@H](O)C1C. The molecule has 16 atom stereocenters. The molecule has 3 rings (SSSR count). The van der Waals surface area contributed by atoms with Gasteiger partial charge in [0.2, 0.25) is 23.6 Å². The van der Waals surface area contributed by atoms with E-state index in [-0.39, 0.29) is 115 Å². The summed E-state index contributed by atoms with van der Waals surface area (Å²) >= 11 is 0. The first-order chi connectivity index (χ1) is 36.2. The molecule has 4 amide bonds. The molecule has 3 saturated heterocycles. The summed E-state index contributed by atoms with van der Waals surface area (Å²) in [5.41, 5.74) is -1.43. The zero-order valence-corrected chi connectivity index (χ0v) is 45.1. The van der Waals surface area contributed by atoms with E-state index < -0.39 is 135 Å². The second-order valence-electron chi connectivity index (χ2n) is 20.7. The second kappa shape index (κ2) is 35.5. The highest BCUT2D eigenvalue weighted by molar-refractivity contribution is 5.83. The van der Waals surface area contributed by atoms with E-state index in [1.54, 1.807) is 20.8 Å². The van der Waals surface area contributed by atoms with Crippen LogP contribution < -0.4 is 21.3 Å². The lowest BCUT2D eigenvalue weighted by Crippen LogP contribution is -2.55. The average molecular weight is 1100 g/mol. The maximum atomic E-state index is 13.8. The van der Waals surface area contributed by atoms with E-state index in [0.29, 0.717) is 38.8 Å². The molecule has 0 radical (unpaired) electrons. The van der Waals surface area contributed by atoms with Gasteiger partial charge in [0, 0.05) is 94.7 Å². The number of carbonyl (C=O) groups excluding carboxylic acids is 5. The van der Waals surface area contributed by atoms with Crippen molar-refractivity contribution in [2.75, 3.05) is 65.9 Å². The molecule has 442 valence electrons. The van der Waals surface area contributed by atoms with Crippen LogP contribution in [0, 0.1) is 17.8 Å². The van der Waals surface area contributed by atoms with E-state index in [1.165, 1.54) is 0 Å². The topological polar surface area (TPSA) is 380 Å². The van der Waals surface area contributed by atoms with Crippen LogP contribution >= 0.6 is 0 Å². The van der Waals surface area contributed by atoms with Crippen molar-refractivity contribution in [1.82, 2.24) is 21.3 Å². The molecule has 3 aliphatic heterocycles. The van der Waals surface area contributed by atoms with Crippen LogP contribution in [-0.4, -0.2) is 227 Å². The molecule has 7 unspecified atom stereocenters. The number of ether oxygens (including phenoxy) is 7. The van der Waals surface area contributed by atoms with E-state index in [9.17, 15) is 69.9 Å². The molecule has 0 saturated carbocycles. The van der Waals surface area contributed by atoms with E-state index >= 15 is 0 Å². The monoisotopic (exact) mass is 1100 g/mol. The predicted octanol–water partition coefficient (Wildman–Crippen LogP) is -2.08. The van der Waals surface area contributed by atoms with Gasteiger partial charge in [-0.2, -0.15) is 0 Å². The van der Waals surface area contributed by atoms with Crippen molar-refractivity contribution in [2.45, 2.75) is 210 Å². The number of nitrogens with one attached hydrogen (secondary N) is 4. The Labute approximate surface area is 446 Å². The van der Waals surface area contributed by atoms with Crippen LogP contribution in [0.5, 0.6) is 0 Å². The molecule has 3 heterocycles. The standard InChI is InChI=1S/C51H92N4O21/c1-30(2)70-23-9-19-52-38(60)13-8-14-40(62)55-51(26-41(63)54-21-11-25-73-50-33(5)44(66)47(69)37(29-58)76-50,17-15-34(59)12-6-7-22-71-48-31(3)42(64)45(67)35(27-56)74-48)18-16-39(61)53-20-10-24-72-49-32(4)43(65)46(68)36(28-57)75-49/h30-33,35-37,42-50,56-58,64-69H,6-29H2,1-5H3,(H,52,60)(H,53,61)(H,54,63)(H,55,62)/t31?,32?,33?,35?,36?,37?,42-,43-,44-,45+,46+,47+,48-,49-,50-,51?/m1/s1. The van der Waals surface area contributed by atoms with Gasteiger partial charge in [-0.15, -0.1) is 0 Å². The van der Waals surface area contributed by atoms with E-state index in [4.69, 9.17) is 33.2 Å². The molecule has 0 bridgehead atoms. The fraction of sp³-hybridized carbons (Fsp3) is 0.902. The molecule has 25 nitrogen and oxygen atoms in total. The molecular formula is C51H92N4O21. The highest BCUT2D eigenvalue weighted by Crippen LogP contribution is 2.30. The Hall–Kier alpha value is -3.09. The molecule has 0 aromatic heterocycles. The molecule has 76 heavy (non-hydrogen) atoms. The van der Waals surface area contributed by atoms with Crippen LogP contribution in [0.25, 0.3) is 0 Å². The molecular weight excluding hydrogens is 1000 g/mol. The summed E-state index contributed by atoms with van der Waals surface area (Å²) in [5.74, 6) is -3.71. The van der Waals surface area contributed by atoms with Gasteiger partial charge in [-0.25, -0.2) is 0 Å². The van der Waals surface area contributed by atoms with Crippen LogP contribution in [0.15, 0.2) is 0 Å². The van der Waals surface area contributed by atoms with Crippen LogP contribution in [0.2, 0.25) is 0 Å². The third-order valence-corrected chi connectivity index (χ3v) is 14.1. The summed E-state index contributed by atoms with van der Waals surface area (Å²) in [5, 5.41) is 102. The number of aliphatic hydroxyl groups is 9. The third kappa shape index (κ3) is 22.9. The third-order valence-electron chi connectivity index (χ3n) is 14.1. The smallest absolute Gasteiger partial charge is 0.222 e. The van der Waals surface area contributed by atoms with Crippen molar-refractivity contribution in [2.24, 2.45) is 17.8 Å². The fourth-order valence-corrected chi connectivity index (χ4v) is 9.12. The van der Waals surface area contributed by atoms with Gasteiger partial charge in [-0.1, -0.05) is 20.8 Å².